The van der Waals surface area contributed by atoms with E-state index < -0.39 is 17.3 Å². The lowest BCUT2D eigenvalue weighted by atomic mass is 9.99. The molecule has 0 bridgehead atoms. The Hall–Kier alpha value is -3.41. The molecule has 1 amide bonds. The molecule has 1 atom stereocenters. The second-order valence-electron chi connectivity index (χ2n) is 9.25. The molecule has 3 aromatic rings. The van der Waals surface area contributed by atoms with Crippen molar-refractivity contribution in [2.45, 2.75) is 65.2 Å². The first-order chi connectivity index (χ1) is 17.0. The maximum absolute atomic E-state index is 14.0. The number of amides is 1. The number of aryl methyl sites for hydroxylation is 3. The Balaban J connectivity index is 1.80. The van der Waals surface area contributed by atoms with Gasteiger partial charge in [0.2, 0.25) is 5.88 Å². The minimum atomic E-state index is -0.479. The number of aromatic hydroxyl groups is 1. The number of rotatable bonds is 8. The quantitative estimate of drug-likeness (QED) is 0.498. The number of hydrogen-bond acceptors (Lipinski definition) is 4. The molecule has 1 aliphatic rings. The van der Waals surface area contributed by atoms with E-state index in [9.17, 15) is 14.7 Å². The fourth-order valence-corrected chi connectivity index (χ4v) is 5.08. The molecule has 2 aromatic carbocycles. The standard InChI is InChI=1S/C29H35N3O3/c1-4-7-16-24-30-27(33)25(28(34)31-18-17-23(19-31)22-12-9-8-10-13-22)29(35)32(24)26-20(5-2)14-11-15-21(26)6-3/h8-15,23,33H,4-7,16-19H2,1-3H3. The molecule has 35 heavy (non-hydrogen) atoms. The molecule has 0 aliphatic carbocycles. The summed E-state index contributed by atoms with van der Waals surface area (Å²) in [6.07, 6.45) is 4.64. The van der Waals surface area contributed by atoms with Crippen LogP contribution in [0.3, 0.4) is 0 Å². The van der Waals surface area contributed by atoms with Crippen molar-refractivity contribution in [1.82, 2.24) is 14.5 Å². The summed E-state index contributed by atoms with van der Waals surface area (Å²) in [5.41, 5.74) is 3.33. The van der Waals surface area contributed by atoms with Crippen LogP contribution in [0.4, 0.5) is 0 Å². The molecule has 1 N–H and O–H groups in total. The van der Waals surface area contributed by atoms with Gasteiger partial charge in [0.05, 0.1) is 5.69 Å². The molecule has 2 heterocycles. The van der Waals surface area contributed by atoms with Crippen LogP contribution in [0.25, 0.3) is 5.69 Å². The lowest BCUT2D eigenvalue weighted by Crippen LogP contribution is -2.37. The van der Waals surface area contributed by atoms with Crippen molar-refractivity contribution in [2.75, 3.05) is 13.1 Å². The Kier molecular flexibility index (Phi) is 7.69. The fourth-order valence-electron chi connectivity index (χ4n) is 5.08. The van der Waals surface area contributed by atoms with E-state index in [1.807, 2.05) is 36.4 Å². The minimum absolute atomic E-state index is 0.216. The number of benzene rings is 2. The summed E-state index contributed by atoms with van der Waals surface area (Å²) in [5, 5.41) is 10.8. The highest BCUT2D eigenvalue weighted by molar-refractivity contribution is 5.96. The third-order valence-corrected chi connectivity index (χ3v) is 7.04. The molecule has 1 unspecified atom stereocenters. The van der Waals surface area contributed by atoms with Crippen LogP contribution in [0.15, 0.2) is 53.3 Å². The third kappa shape index (κ3) is 4.88. The number of unbranched alkanes of at least 4 members (excludes halogenated alkanes) is 1. The Morgan fingerprint density at radius 3 is 2.34 bits per heavy atom. The lowest BCUT2D eigenvalue weighted by molar-refractivity contribution is 0.0784. The van der Waals surface area contributed by atoms with Crippen molar-refractivity contribution in [3.05, 3.63) is 87.0 Å². The average Bonchev–Trinajstić information content (AvgIpc) is 3.38. The maximum atomic E-state index is 14.0. The minimum Gasteiger partial charge on any atom is -0.493 e. The number of hydrogen-bond donors (Lipinski definition) is 1. The molecule has 0 radical (unpaired) electrons. The van der Waals surface area contributed by atoms with Crippen LogP contribution in [0.5, 0.6) is 5.88 Å². The van der Waals surface area contributed by atoms with Crippen LogP contribution >= 0.6 is 0 Å². The molecule has 0 saturated carbocycles. The molecule has 4 rings (SSSR count). The number of para-hydroxylation sites is 1. The number of aromatic nitrogens is 2. The number of carbonyl (C=O) groups is 1. The Morgan fingerprint density at radius 2 is 1.71 bits per heavy atom. The van der Waals surface area contributed by atoms with Gasteiger partial charge in [0.25, 0.3) is 11.5 Å². The largest absolute Gasteiger partial charge is 0.493 e. The first-order valence-electron chi connectivity index (χ1n) is 12.8. The summed E-state index contributed by atoms with van der Waals surface area (Å²) < 4.78 is 1.60. The molecule has 6 nitrogen and oxygen atoms in total. The van der Waals surface area contributed by atoms with Gasteiger partial charge < -0.3 is 10.0 Å². The monoisotopic (exact) mass is 473 g/mol. The fraction of sp³-hybridized carbons (Fsp3) is 0.414. The van der Waals surface area contributed by atoms with Crippen molar-refractivity contribution in [3.8, 4) is 11.6 Å². The molecule has 1 aromatic heterocycles. The van der Waals surface area contributed by atoms with Crippen LogP contribution in [-0.2, 0) is 19.3 Å². The third-order valence-electron chi connectivity index (χ3n) is 7.04. The van der Waals surface area contributed by atoms with Crippen molar-refractivity contribution in [2.24, 2.45) is 0 Å². The summed E-state index contributed by atoms with van der Waals surface area (Å²) in [6, 6.07) is 16.2. The van der Waals surface area contributed by atoms with Crippen LogP contribution in [0.1, 0.15) is 78.8 Å². The van der Waals surface area contributed by atoms with Crippen molar-refractivity contribution < 1.29 is 9.90 Å². The van der Waals surface area contributed by atoms with E-state index in [1.54, 1.807) is 9.47 Å². The zero-order valence-electron chi connectivity index (χ0n) is 21.0. The molecule has 6 heteroatoms. The van der Waals surface area contributed by atoms with Gasteiger partial charge in [-0.2, -0.15) is 4.98 Å². The summed E-state index contributed by atoms with van der Waals surface area (Å²) in [4.78, 5) is 33.7. The normalized spacial score (nSPS) is 15.5. The summed E-state index contributed by atoms with van der Waals surface area (Å²) in [7, 11) is 0. The highest BCUT2D eigenvalue weighted by Crippen LogP contribution is 2.29. The van der Waals surface area contributed by atoms with Crippen molar-refractivity contribution >= 4 is 5.91 Å². The van der Waals surface area contributed by atoms with E-state index >= 15 is 0 Å². The van der Waals surface area contributed by atoms with Crippen LogP contribution in [-0.4, -0.2) is 38.6 Å². The smallest absolute Gasteiger partial charge is 0.274 e. The lowest BCUT2D eigenvalue weighted by Gasteiger charge is -2.22. The van der Waals surface area contributed by atoms with Gasteiger partial charge in [-0.05, 0) is 42.4 Å². The summed E-state index contributed by atoms with van der Waals surface area (Å²) in [5.74, 6) is -0.183. The summed E-state index contributed by atoms with van der Waals surface area (Å²) in [6.45, 7) is 7.26. The number of carbonyl (C=O) groups excluding carboxylic acids is 1. The van der Waals surface area contributed by atoms with E-state index in [0.29, 0.717) is 25.3 Å². The van der Waals surface area contributed by atoms with Gasteiger partial charge >= 0.3 is 0 Å². The van der Waals surface area contributed by atoms with Gasteiger partial charge in [-0.25, -0.2) is 0 Å². The van der Waals surface area contributed by atoms with Gasteiger partial charge in [0.15, 0.2) is 5.56 Å². The first kappa shape index (κ1) is 24.7. The molecule has 0 spiro atoms. The van der Waals surface area contributed by atoms with Gasteiger partial charge in [0.1, 0.15) is 5.82 Å². The number of likely N-dealkylation sites (tertiary alicyclic amines) is 1. The van der Waals surface area contributed by atoms with Gasteiger partial charge in [-0.1, -0.05) is 75.7 Å². The predicted molar refractivity (Wildman–Crippen MR) is 139 cm³/mol. The van der Waals surface area contributed by atoms with E-state index in [4.69, 9.17) is 0 Å². The molecule has 184 valence electrons. The molecular weight excluding hydrogens is 438 g/mol. The Morgan fingerprint density at radius 1 is 1.03 bits per heavy atom. The van der Waals surface area contributed by atoms with E-state index in [-0.39, 0.29) is 11.5 Å². The second-order valence-corrected chi connectivity index (χ2v) is 9.25. The number of nitrogens with zero attached hydrogens (tertiary/aromatic N) is 3. The van der Waals surface area contributed by atoms with Gasteiger partial charge in [-0.15, -0.1) is 0 Å². The van der Waals surface area contributed by atoms with Crippen LogP contribution in [0.2, 0.25) is 0 Å². The predicted octanol–water partition coefficient (Wildman–Crippen LogP) is 5.04. The van der Waals surface area contributed by atoms with Gasteiger partial charge in [0, 0.05) is 25.4 Å². The maximum Gasteiger partial charge on any atom is 0.274 e. The topological polar surface area (TPSA) is 75.4 Å². The first-order valence-corrected chi connectivity index (χ1v) is 12.8. The second kappa shape index (κ2) is 10.9. The van der Waals surface area contributed by atoms with E-state index in [0.717, 1.165) is 48.9 Å². The molecular formula is C29H35N3O3. The highest BCUT2D eigenvalue weighted by atomic mass is 16.3. The van der Waals surface area contributed by atoms with Crippen LogP contribution in [0, 0.1) is 0 Å². The van der Waals surface area contributed by atoms with E-state index in [2.05, 4.69) is 37.9 Å². The molecule has 1 saturated heterocycles. The molecule has 1 aliphatic heterocycles. The SMILES string of the molecule is CCCCc1nc(O)c(C(=O)N2CCC(c3ccccc3)C2)c(=O)n1-c1c(CC)cccc1CC. The Bertz CT molecular complexity index is 1230. The van der Waals surface area contributed by atoms with Crippen molar-refractivity contribution in [3.63, 3.8) is 0 Å². The zero-order chi connectivity index (χ0) is 24.9. The Labute approximate surface area is 207 Å². The van der Waals surface area contributed by atoms with Crippen molar-refractivity contribution in [1.29, 1.82) is 0 Å². The molecule has 1 fully saturated rings. The van der Waals surface area contributed by atoms with Crippen LogP contribution < -0.4 is 5.56 Å². The average molecular weight is 474 g/mol. The van der Waals surface area contributed by atoms with E-state index in [1.165, 1.54) is 5.56 Å². The highest BCUT2D eigenvalue weighted by Gasteiger charge is 2.33. The van der Waals surface area contributed by atoms with Gasteiger partial charge in [-0.3, -0.25) is 14.2 Å². The zero-order valence-corrected chi connectivity index (χ0v) is 21.0. The summed E-state index contributed by atoms with van der Waals surface area (Å²) >= 11 is 0.